The Balaban J connectivity index is 1.76. The molecule has 0 saturated carbocycles. The lowest BCUT2D eigenvalue weighted by Gasteiger charge is -2.09. The molecule has 2 aromatic heterocycles. The van der Waals surface area contributed by atoms with Crippen molar-refractivity contribution in [3.05, 3.63) is 80.3 Å². The van der Waals surface area contributed by atoms with Gasteiger partial charge in [0.2, 0.25) is 0 Å². The molecule has 0 bridgehead atoms. The first kappa shape index (κ1) is 17.5. The molecule has 0 aliphatic heterocycles. The first-order valence-corrected chi connectivity index (χ1v) is 8.79. The van der Waals surface area contributed by atoms with Crippen molar-refractivity contribution in [2.75, 3.05) is 0 Å². The minimum Gasteiger partial charge on any atom is -0.323 e. The van der Waals surface area contributed by atoms with Gasteiger partial charge < -0.3 is 4.57 Å². The van der Waals surface area contributed by atoms with Gasteiger partial charge >= 0.3 is 5.69 Å². The van der Waals surface area contributed by atoms with E-state index in [0.717, 1.165) is 11.3 Å². The molecule has 2 aromatic carbocycles. The van der Waals surface area contributed by atoms with Gasteiger partial charge in [-0.1, -0.05) is 35.3 Å². The van der Waals surface area contributed by atoms with Crippen molar-refractivity contribution in [2.24, 2.45) is 0 Å². The highest BCUT2D eigenvalue weighted by molar-refractivity contribution is 6.44. The molecule has 4 aromatic rings. The first-order chi connectivity index (χ1) is 13.0. The van der Waals surface area contributed by atoms with Crippen LogP contribution >= 0.6 is 23.2 Å². The summed E-state index contributed by atoms with van der Waals surface area (Å²) in [6.07, 6.45) is 3.59. The average molecular weight is 402 g/mol. The minimum absolute atomic E-state index is 0.0950. The molecule has 27 heavy (non-hydrogen) atoms. The Kier molecular flexibility index (Phi) is 4.33. The minimum atomic E-state index is -0.549. The smallest absolute Gasteiger partial charge is 0.317 e. The number of halogens is 2. The molecule has 0 aliphatic rings. The van der Waals surface area contributed by atoms with Crippen molar-refractivity contribution in [3.63, 3.8) is 0 Å². The number of nitro benzene ring substituents is 1. The second-order valence-electron chi connectivity index (χ2n) is 6.01. The number of fused-ring (bicyclic) bond motifs is 1. The van der Waals surface area contributed by atoms with E-state index in [2.05, 4.69) is 10.1 Å². The molecule has 0 aliphatic carbocycles. The molecule has 0 radical (unpaired) electrons. The summed E-state index contributed by atoms with van der Waals surface area (Å²) in [6.45, 7) is 2.29. The van der Waals surface area contributed by atoms with Crippen LogP contribution in [0.2, 0.25) is 10.0 Å². The summed E-state index contributed by atoms with van der Waals surface area (Å²) < 4.78 is 3.65. The molecule has 0 unspecified atom stereocenters. The van der Waals surface area contributed by atoms with Gasteiger partial charge in [-0.25, -0.2) is 9.67 Å². The van der Waals surface area contributed by atoms with E-state index >= 15 is 0 Å². The fourth-order valence-corrected chi connectivity index (χ4v) is 3.43. The Labute approximate surface area is 163 Å². The van der Waals surface area contributed by atoms with Crippen LogP contribution in [0.1, 0.15) is 11.4 Å². The maximum atomic E-state index is 11.4. The van der Waals surface area contributed by atoms with E-state index in [1.165, 1.54) is 0 Å². The lowest BCUT2D eigenvalue weighted by atomic mass is 10.2. The zero-order valence-electron chi connectivity index (χ0n) is 14.1. The normalized spacial score (nSPS) is 11.2. The molecular weight excluding hydrogens is 389 g/mol. The van der Waals surface area contributed by atoms with Gasteiger partial charge in [-0.3, -0.25) is 10.1 Å². The molecule has 9 heteroatoms. The van der Waals surface area contributed by atoms with E-state index < -0.39 is 4.92 Å². The molecule has 0 atom stereocenters. The number of hydrogen-bond donors (Lipinski definition) is 0. The van der Waals surface area contributed by atoms with Gasteiger partial charge in [0.1, 0.15) is 10.8 Å². The fraction of sp³-hybridized carbons (Fsp3) is 0.111. The second kappa shape index (κ2) is 6.68. The lowest BCUT2D eigenvalue weighted by molar-refractivity contribution is -0.383. The Morgan fingerprint density at radius 2 is 1.96 bits per heavy atom. The average Bonchev–Trinajstić information content (AvgIpc) is 3.26. The van der Waals surface area contributed by atoms with Crippen LogP contribution in [0.25, 0.3) is 16.7 Å². The van der Waals surface area contributed by atoms with Gasteiger partial charge in [-0.05, 0) is 36.8 Å². The summed E-state index contributed by atoms with van der Waals surface area (Å²) >= 11 is 12.1. The Morgan fingerprint density at radius 3 is 2.59 bits per heavy atom. The van der Waals surface area contributed by atoms with Crippen molar-refractivity contribution >= 4 is 39.9 Å². The van der Waals surface area contributed by atoms with Crippen LogP contribution in [0.5, 0.6) is 0 Å². The summed E-state index contributed by atoms with van der Waals surface area (Å²) in [5, 5.41) is 15.7. The molecule has 0 amide bonds. The first-order valence-electron chi connectivity index (χ1n) is 8.04. The molecule has 2 heterocycles. The van der Waals surface area contributed by atoms with Crippen LogP contribution in [0.4, 0.5) is 5.69 Å². The number of nitrogens with zero attached hydrogens (tertiary/aromatic N) is 5. The van der Waals surface area contributed by atoms with Crippen molar-refractivity contribution < 1.29 is 4.92 Å². The molecule has 136 valence electrons. The molecule has 0 fully saturated rings. The Hall–Kier alpha value is -2.90. The maximum absolute atomic E-state index is 11.4. The summed E-state index contributed by atoms with van der Waals surface area (Å²) in [5.41, 5.74) is 2.50. The van der Waals surface area contributed by atoms with Crippen LogP contribution in [-0.2, 0) is 6.54 Å². The predicted octanol–water partition coefficient (Wildman–Crippen LogP) is 4.79. The van der Waals surface area contributed by atoms with E-state index in [-0.39, 0.29) is 21.2 Å². The van der Waals surface area contributed by atoms with Crippen LogP contribution in [-0.4, -0.2) is 24.3 Å². The van der Waals surface area contributed by atoms with Crippen molar-refractivity contribution in [1.29, 1.82) is 0 Å². The summed E-state index contributed by atoms with van der Waals surface area (Å²) in [5.74, 6) is 0.641. The van der Waals surface area contributed by atoms with Crippen LogP contribution in [0.15, 0.2) is 48.8 Å². The maximum Gasteiger partial charge on any atom is 0.317 e. The van der Waals surface area contributed by atoms with E-state index in [4.69, 9.17) is 23.2 Å². The van der Waals surface area contributed by atoms with Crippen LogP contribution in [0.3, 0.4) is 0 Å². The predicted molar refractivity (Wildman–Crippen MR) is 104 cm³/mol. The number of rotatable bonds is 4. The van der Waals surface area contributed by atoms with Crippen molar-refractivity contribution in [1.82, 2.24) is 19.3 Å². The monoisotopic (exact) mass is 401 g/mol. The van der Waals surface area contributed by atoms with Crippen molar-refractivity contribution in [3.8, 4) is 5.69 Å². The number of aryl methyl sites for hydroxylation is 1. The quantitative estimate of drug-likeness (QED) is 0.363. The van der Waals surface area contributed by atoms with Gasteiger partial charge in [0.05, 0.1) is 21.2 Å². The number of aromatic nitrogens is 4. The van der Waals surface area contributed by atoms with Gasteiger partial charge in [0, 0.05) is 18.9 Å². The number of imidazole rings is 1. The van der Waals surface area contributed by atoms with Gasteiger partial charge in [-0.2, -0.15) is 5.10 Å². The van der Waals surface area contributed by atoms with E-state index in [9.17, 15) is 10.1 Å². The van der Waals surface area contributed by atoms with Gasteiger partial charge in [0.15, 0.2) is 5.52 Å². The summed E-state index contributed by atoms with van der Waals surface area (Å²) in [7, 11) is 0. The zero-order chi connectivity index (χ0) is 19.1. The third-order valence-corrected chi connectivity index (χ3v) is 5.11. The molecule has 7 nitrogen and oxygen atoms in total. The SMILES string of the molecule is Cc1nc2c([N+](=O)[O-])c(Cl)c(Cl)cc2n1Cc1ccc(-n2cccn2)cc1. The fourth-order valence-electron chi connectivity index (χ4n) is 3.03. The van der Waals surface area contributed by atoms with E-state index in [1.807, 2.05) is 41.1 Å². The third kappa shape index (κ3) is 3.05. The molecule has 0 saturated heterocycles. The van der Waals surface area contributed by atoms with E-state index in [0.29, 0.717) is 17.9 Å². The second-order valence-corrected chi connectivity index (χ2v) is 6.79. The van der Waals surface area contributed by atoms with Gasteiger partial charge in [0.25, 0.3) is 0 Å². The molecule has 0 N–H and O–H groups in total. The highest BCUT2D eigenvalue weighted by atomic mass is 35.5. The van der Waals surface area contributed by atoms with E-state index in [1.54, 1.807) is 23.9 Å². The number of benzene rings is 2. The number of hydrogen-bond acceptors (Lipinski definition) is 4. The Bertz CT molecular complexity index is 1150. The van der Waals surface area contributed by atoms with Crippen LogP contribution in [0, 0.1) is 17.0 Å². The lowest BCUT2D eigenvalue weighted by Crippen LogP contribution is -2.03. The molecular formula is C18H13Cl2N5O2. The molecule has 0 spiro atoms. The van der Waals surface area contributed by atoms with Crippen molar-refractivity contribution in [2.45, 2.75) is 13.5 Å². The third-order valence-electron chi connectivity index (χ3n) is 4.33. The summed E-state index contributed by atoms with van der Waals surface area (Å²) in [6, 6.07) is 11.4. The number of nitro groups is 1. The molecule has 4 rings (SSSR count). The Morgan fingerprint density at radius 1 is 1.22 bits per heavy atom. The van der Waals surface area contributed by atoms with Crippen LogP contribution < -0.4 is 0 Å². The highest BCUT2D eigenvalue weighted by Gasteiger charge is 2.25. The highest BCUT2D eigenvalue weighted by Crippen LogP contribution is 2.38. The topological polar surface area (TPSA) is 78.8 Å². The largest absolute Gasteiger partial charge is 0.323 e. The summed E-state index contributed by atoms with van der Waals surface area (Å²) in [4.78, 5) is 15.2. The standard InChI is InChI=1S/C18H13Cl2N5O2/c1-11-22-17-15(9-14(19)16(20)18(17)25(26)27)23(11)10-12-3-5-13(6-4-12)24-8-2-7-21-24/h2-9H,10H2,1H3. The zero-order valence-corrected chi connectivity index (χ0v) is 15.6. The van der Waals surface area contributed by atoms with Gasteiger partial charge in [-0.15, -0.1) is 0 Å².